The second-order valence-corrected chi connectivity index (χ2v) is 7.40. The van der Waals surface area contributed by atoms with Crippen LogP contribution < -0.4 is 11.1 Å². The number of carbonyl (C=O) groups excluding carboxylic acids is 1. The molecule has 3 N–H and O–H groups in total. The summed E-state index contributed by atoms with van der Waals surface area (Å²) in [5.41, 5.74) is 9.58. The molecule has 0 fully saturated rings. The van der Waals surface area contributed by atoms with E-state index in [4.69, 9.17) is 15.5 Å². The molecular weight excluding hydrogens is 383 g/mol. The minimum absolute atomic E-state index is 0.232. The first-order valence-electron chi connectivity index (χ1n) is 10.3. The number of halogens is 1. The standard InChI is InChI=1S/C23H29FN4O2/c1-3-19(23(25)29)26-15-22-27-20-10-7-17(13-16-5-8-18(24)9-6-16)14-21(20)28(22)11-4-12-30-2/h5-10,14,19,26H,3-4,11-13,15H2,1-2H3,(H2,25,29)/t19-/m0/s1. The number of hydrogen-bond acceptors (Lipinski definition) is 4. The maximum Gasteiger partial charge on any atom is 0.234 e. The number of benzene rings is 2. The average molecular weight is 413 g/mol. The Morgan fingerprint density at radius 2 is 1.97 bits per heavy atom. The lowest BCUT2D eigenvalue weighted by atomic mass is 10.0. The number of imidazole rings is 1. The molecule has 0 aliphatic heterocycles. The average Bonchev–Trinajstić information content (AvgIpc) is 3.07. The molecule has 6 nitrogen and oxygen atoms in total. The van der Waals surface area contributed by atoms with E-state index in [-0.39, 0.29) is 17.8 Å². The van der Waals surface area contributed by atoms with E-state index in [2.05, 4.69) is 16.0 Å². The van der Waals surface area contributed by atoms with Gasteiger partial charge >= 0.3 is 0 Å². The number of fused-ring (bicyclic) bond motifs is 1. The number of methoxy groups -OCH3 is 1. The molecule has 1 amide bonds. The molecule has 0 unspecified atom stereocenters. The summed E-state index contributed by atoms with van der Waals surface area (Å²) in [5, 5.41) is 3.21. The second-order valence-electron chi connectivity index (χ2n) is 7.40. The van der Waals surface area contributed by atoms with E-state index in [0.717, 1.165) is 41.0 Å². The van der Waals surface area contributed by atoms with Crippen molar-refractivity contribution >= 4 is 16.9 Å². The molecule has 0 saturated carbocycles. The molecule has 0 aliphatic carbocycles. The van der Waals surface area contributed by atoms with Crippen LogP contribution in [0.3, 0.4) is 0 Å². The predicted octanol–water partition coefficient (Wildman–Crippen LogP) is 3.16. The molecule has 1 aromatic heterocycles. The Hall–Kier alpha value is -2.77. The minimum atomic E-state index is -0.383. The van der Waals surface area contributed by atoms with Crippen molar-refractivity contribution in [3.05, 3.63) is 65.2 Å². The highest BCUT2D eigenvalue weighted by molar-refractivity contribution is 5.80. The van der Waals surface area contributed by atoms with Crippen molar-refractivity contribution in [3.8, 4) is 0 Å². The third kappa shape index (κ3) is 5.43. The van der Waals surface area contributed by atoms with Crippen LogP contribution in [-0.2, 0) is 29.0 Å². The molecule has 160 valence electrons. The molecule has 3 aromatic rings. The zero-order chi connectivity index (χ0) is 21.5. The Labute approximate surface area is 176 Å². The molecular formula is C23H29FN4O2. The lowest BCUT2D eigenvalue weighted by Crippen LogP contribution is -2.40. The third-order valence-electron chi connectivity index (χ3n) is 5.20. The molecule has 0 aliphatic rings. The molecule has 2 aromatic carbocycles. The lowest BCUT2D eigenvalue weighted by molar-refractivity contribution is -0.120. The van der Waals surface area contributed by atoms with Crippen molar-refractivity contribution in [3.63, 3.8) is 0 Å². The van der Waals surface area contributed by atoms with Crippen LogP contribution in [0.1, 0.15) is 36.7 Å². The Bertz CT molecular complexity index is 985. The Kier molecular flexibility index (Phi) is 7.54. The minimum Gasteiger partial charge on any atom is -0.385 e. The van der Waals surface area contributed by atoms with Crippen LogP contribution in [0.25, 0.3) is 11.0 Å². The fourth-order valence-electron chi connectivity index (χ4n) is 3.58. The highest BCUT2D eigenvalue weighted by Crippen LogP contribution is 2.21. The highest BCUT2D eigenvalue weighted by Gasteiger charge is 2.16. The number of amides is 1. The van der Waals surface area contributed by atoms with Gasteiger partial charge in [-0.1, -0.05) is 25.1 Å². The molecule has 3 rings (SSSR count). The molecule has 0 saturated heterocycles. The first-order valence-corrected chi connectivity index (χ1v) is 10.3. The van der Waals surface area contributed by atoms with Gasteiger partial charge in [0.15, 0.2) is 0 Å². The number of nitrogens with zero attached hydrogens (tertiary/aromatic N) is 2. The van der Waals surface area contributed by atoms with Gasteiger partial charge in [0.1, 0.15) is 11.6 Å². The van der Waals surface area contributed by atoms with Crippen LogP contribution in [0.4, 0.5) is 4.39 Å². The van der Waals surface area contributed by atoms with E-state index in [1.165, 1.54) is 12.1 Å². The lowest BCUT2D eigenvalue weighted by Gasteiger charge is -2.14. The normalized spacial score (nSPS) is 12.4. The summed E-state index contributed by atoms with van der Waals surface area (Å²) in [6, 6.07) is 12.4. The number of carbonyl (C=O) groups is 1. The smallest absolute Gasteiger partial charge is 0.234 e. The van der Waals surface area contributed by atoms with Crippen molar-refractivity contribution in [2.75, 3.05) is 13.7 Å². The molecule has 30 heavy (non-hydrogen) atoms. The van der Waals surface area contributed by atoms with Gasteiger partial charge in [0.25, 0.3) is 0 Å². The van der Waals surface area contributed by atoms with E-state index in [1.54, 1.807) is 19.2 Å². The number of aromatic nitrogens is 2. The molecule has 0 spiro atoms. The number of aryl methyl sites for hydroxylation is 1. The van der Waals surface area contributed by atoms with Crippen LogP contribution in [0.5, 0.6) is 0 Å². The first kappa shape index (κ1) is 21.9. The molecule has 1 heterocycles. The molecule has 0 bridgehead atoms. The molecule has 7 heteroatoms. The maximum absolute atomic E-state index is 13.2. The maximum atomic E-state index is 13.2. The summed E-state index contributed by atoms with van der Waals surface area (Å²) < 4.78 is 20.6. The van der Waals surface area contributed by atoms with E-state index in [9.17, 15) is 9.18 Å². The summed E-state index contributed by atoms with van der Waals surface area (Å²) in [7, 11) is 1.69. The van der Waals surface area contributed by atoms with Gasteiger partial charge in [-0.15, -0.1) is 0 Å². The zero-order valence-electron chi connectivity index (χ0n) is 17.5. The summed E-state index contributed by atoms with van der Waals surface area (Å²) >= 11 is 0. The summed E-state index contributed by atoms with van der Waals surface area (Å²) in [4.78, 5) is 16.3. The number of nitrogens with one attached hydrogen (secondary N) is 1. The highest BCUT2D eigenvalue weighted by atomic mass is 19.1. The Morgan fingerprint density at radius 1 is 1.23 bits per heavy atom. The molecule has 1 atom stereocenters. The van der Waals surface area contributed by atoms with Gasteiger partial charge in [0, 0.05) is 20.3 Å². The van der Waals surface area contributed by atoms with Gasteiger partial charge in [0.05, 0.1) is 23.6 Å². The number of hydrogen-bond donors (Lipinski definition) is 2. The first-order chi connectivity index (χ1) is 14.5. The van der Waals surface area contributed by atoms with Crippen molar-refractivity contribution in [2.45, 2.75) is 45.3 Å². The fraction of sp³-hybridized carbons (Fsp3) is 0.391. The van der Waals surface area contributed by atoms with Crippen LogP contribution in [0.15, 0.2) is 42.5 Å². The van der Waals surface area contributed by atoms with E-state index < -0.39 is 0 Å². The number of primary amides is 1. The van der Waals surface area contributed by atoms with Crippen LogP contribution in [0, 0.1) is 5.82 Å². The Balaban J connectivity index is 1.88. The van der Waals surface area contributed by atoms with Crippen molar-refractivity contribution in [1.82, 2.24) is 14.9 Å². The van der Waals surface area contributed by atoms with Gasteiger partial charge < -0.3 is 15.0 Å². The van der Waals surface area contributed by atoms with Gasteiger partial charge in [-0.2, -0.15) is 0 Å². The van der Waals surface area contributed by atoms with Crippen molar-refractivity contribution < 1.29 is 13.9 Å². The fourth-order valence-corrected chi connectivity index (χ4v) is 3.58. The summed E-state index contributed by atoms with van der Waals surface area (Å²) in [6.07, 6.45) is 2.19. The zero-order valence-corrected chi connectivity index (χ0v) is 17.5. The topological polar surface area (TPSA) is 82.2 Å². The van der Waals surface area contributed by atoms with Crippen molar-refractivity contribution in [2.24, 2.45) is 5.73 Å². The van der Waals surface area contributed by atoms with Gasteiger partial charge in [-0.3, -0.25) is 10.1 Å². The van der Waals surface area contributed by atoms with E-state index >= 15 is 0 Å². The quantitative estimate of drug-likeness (QED) is 0.474. The summed E-state index contributed by atoms with van der Waals surface area (Å²) in [5.74, 6) is 0.268. The van der Waals surface area contributed by atoms with E-state index in [1.807, 2.05) is 19.1 Å². The van der Waals surface area contributed by atoms with Gasteiger partial charge in [0.2, 0.25) is 5.91 Å². The van der Waals surface area contributed by atoms with Crippen LogP contribution in [-0.4, -0.2) is 35.2 Å². The predicted molar refractivity (Wildman–Crippen MR) is 116 cm³/mol. The third-order valence-corrected chi connectivity index (χ3v) is 5.20. The van der Waals surface area contributed by atoms with Crippen molar-refractivity contribution in [1.29, 1.82) is 0 Å². The van der Waals surface area contributed by atoms with E-state index in [0.29, 0.717) is 26.0 Å². The summed E-state index contributed by atoms with van der Waals surface area (Å²) in [6.45, 7) is 3.79. The second kappa shape index (κ2) is 10.3. The number of nitrogens with two attached hydrogens (primary N) is 1. The Morgan fingerprint density at radius 3 is 2.63 bits per heavy atom. The molecule has 0 radical (unpaired) electrons. The SMILES string of the molecule is CC[C@H](NCc1nc2ccc(Cc3ccc(F)cc3)cc2n1CCCOC)C(N)=O. The van der Waals surface area contributed by atoms with Crippen LogP contribution >= 0.6 is 0 Å². The monoisotopic (exact) mass is 412 g/mol. The number of ether oxygens (including phenoxy) is 1. The number of rotatable bonds is 11. The van der Waals surface area contributed by atoms with Gasteiger partial charge in [-0.25, -0.2) is 9.37 Å². The largest absolute Gasteiger partial charge is 0.385 e. The van der Waals surface area contributed by atoms with Crippen LogP contribution in [0.2, 0.25) is 0 Å². The van der Waals surface area contributed by atoms with Gasteiger partial charge in [-0.05, 0) is 54.7 Å².